The van der Waals surface area contributed by atoms with Crippen molar-refractivity contribution in [1.29, 1.82) is 0 Å². The third-order valence-corrected chi connectivity index (χ3v) is 12.1. The maximum atomic E-state index is 15.1. The Labute approximate surface area is 369 Å². The lowest BCUT2D eigenvalue weighted by atomic mass is 9.82. The number of benzene rings is 2. The van der Waals surface area contributed by atoms with Crippen LogP contribution in [0.15, 0.2) is 61.1 Å². The number of fused-ring (bicyclic) bond motifs is 2. The molecule has 2 amide bonds. The Morgan fingerprint density at radius 2 is 1.57 bits per heavy atom. The summed E-state index contributed by atoms with van der Waals surface area (Å²) in [7, 11) is 0.916. The van der Waals surface area contributed by atoms with Gasteiger partial charge in [0.1, 0.15) is 17.7 Å². The van der Waals surface area contributed by atoms with E-state index in [4.69, 9.17) is 4.74 Å². The molecule has 0 radical (unpaired) electrons. The molecule has 2 aromatic carbocycles. The van der Waals surface area contributed by atoms with Gasteiger partial charge in [-0.05, 0) is 69.0 Å². The number of amides is 2. The SMILES string of the molecule is COC(=O)N[C@H](C(=O)N[C@@H](Cc1ccc(C#Cc2cnc(N3CC4CCC(C3)N4C3COC3)nc2)cc1)[C@@H](O)CNCc1c(F)cc(-c2ccn(C(F)F)n2)cc1F)C(C)(C)C(F)(F)F. The van der Waals surface area contributed by atoms with Crippen LogP contribution in [0, 0.1) is 28.9 Å². The first-order valence-electron chi connectivity index (χ1n) is 20.9. The highest BCUT2D eigenvalue weighted by molar-refractivity contribution is 5.87. The van der Waals surface area contributed by atoms with Gasteiger partial charge in [0.25, 0.3) is 0 Å². The topological polar surface area (TPSA) is 159 Å². The maximum Gasteiger partial charge on any atom is 0.407 e. The number of alkyl carbamates (subject to hydrolysis) is 1. The number of carbonyl (C=O) groups excluding carboxylic acids is 2. The van der Waals surface area contributed by atoms with Gasteiger partial charge < -0.3 is 35.4 Å². The average Bonchev–Trinajstić information content (AvgIpc) is 3.84. The summed E-state index contributed by atoms with van der Waals surface area (Å²) in [6.45, 7) is 0.807. The Kier molecular flexibility index (Phi) is 14.3. The van der Waals surface area contributed by atoms with Crippen LogP contribution in [0.3, 0.4) is 0 Å². The first-order chi connectivity index (χ1) is 30.9. The number of anilines is 1. The molecular weight excluding hydrogens is 868 g/mol. The Balaban J connectivity index is 1.03. The highest BCUT2D eigenvalue weighted by Gasteiger charge is 2.56. The normalized spacial score (nSPS) is 19.2. The number of aliphatic hydroxyl groups excluding tert-OH is 1. The number of rotatable bonds is 15. The molecule has 65 heavy (non-hydrogen) atoms. The van der Waals surface area contributed by atoms with E-state index in [2.05, 4.69) is 52.1 Å². The lowest BCUT2D eigenvalue weighted by molar-refractivity contribution is -0.220. The third-order valence-electron chi connectivity index (χ3n) is 12.1. The molecule has 7 rings (SSSR count). The zero-order valence-corrected chi connectivity index (χ0v) is 35.6. The quantitative estimate of drug-likeness (QED) is 0.0945. The van der Waals surface area contributed by atoms with Gasteiger partial charge in [0.15, 0.2) is 0 Å². The van der Waals surface area contributed by atoms with Crippen molar-refractivity contribution >= 4 is 17.9 Å². The van der Waals surface area contributed by atoms with Crippen molar-refractivity contribution in [1.82, 2.24) is 40.6 Å². The summed E-state index contributed by atoms with van der Waals surface area (Å²) >= 11 is 0. The van der Waals surface area contributed by atoms with E-state index in [0.717, 1.165) is 84.5 Å². The van der Waals surface area contributed by atoms with E-state index >= 15 is 8.78 Å². The van der Waals surface area contributed by atoms with Gasteiger partial charge in [0.2, 0.25) is 11.9 Å². The molecule has 3 aliphatic heterocycles. The lowest BCUT2D eigenvalue weighted by Crippen LogP contribution is -2.62. The summed E-state index contributed by atoms with van der Waals surface area (Å²) in [4.78, 5) is 39.7. The highest BCUT2D eigenvalue weighted by Crippen LogP contribution is 2.41. The minimum absolute atomic E-state index is 0.100. The number of alkyl halides is 5. The molecule has 0 spiro atoms. The Hall–Kier alpha value is -5.82. The summed E-state index contributed by atoms with van der Waals surface area (Å²) in [5, 5.41) is 22.1. The molecule has 2 bridgehead atoms. The summed E-state index contributed by atoms with van der Waals surface area (Å²) in [5.41, 5.74) is -1.81. The number of hydrogen-bond donors (Lipinski definition) is 4. The van der Waals surface area contributed by atoms with Crippen LogP contribution in [0.25, 0.3) is 11.3 Å². The smallest absolute Gasteiger partial charge is 0.407 e. The number of halogens is 7. The molecule has 2 aromatic heterocycles. The van der Waals surface area contributed by atoms with E-state index in [1.165, 1.54) is 0 Å². The molecule has 5 atom stereocenters. The Morgan fingerprint density at radius 1 is 0.938 bits per heavy atom. The van der Waals surface area contributed by atoms with Crippen LogP contribution >= 0.6 is 0 Å². The minimum atomic E-state index is -4.98. The molecule has 348 valence electrons. The number of hydrogen-bond acceptors (Lipinski definition) is 11. The number of aliphatic hydroxyl groups is 1. The van der Waals surface area contributed by atoms with Crippen molar-refractivity contribution in [3.63, 3.8) is 0 Å². The summed E-state index contributed by atoms with van der Waals surface area (Å²) in [6.07, 6.45) is -1.47. The zero-order valence-electron chi connectivity index (χ0n) is 35.6. The molecular formula is C44H48F7N9O5. The third kappa shape index (κ3) is 10.8. The van der Waals surface area contributed by atoms with Crippen molar-refractivity contribution in [3.05, 3.63) is 94.9 Å². The Bertz CT molecular complexity index is 2330. The summed E-state index contributed by atoms with van der Waals surface area (Å²) < 4.78 is 109. The van der Waals surface area contributed by atoms with Gasteiger partial charge in [0, 0.05) is 73.5 Å². The fourth-order valence-corrected chi connectivity index (χ4v) is 8.23. The molecule has 3 saturated heterocycles. The predicted octanol–water partition coefficient (Wildman–Crippen LogP) is 4.96. The first-order valence-corrected chi connectivity index (χ1v) is 20.9. The minimum Gasteiger partial charge on any atom is -0.453 e. The second kappa shape index (κ2) is 19.7. The van der Waals surface area contributed by atoms with E-state index < -0.39 is 78.6 Å². The molecule has 14 nitrogen and oxygen atoms in total. The fraction of sp³-hybridized carbons (Fsp3) is 0.477. The van der Waals surface area contributed by atoms with E-state index in [1.54, 1.807) is 36.7 Å². The molecule has 21 heteroatoms. The number of nitrogens with one attached hydrogen (secondary N) is 3. The summed E-state index contributed by atoms with van der Waals surface area (Å²) in [6, 6.07) is 7.46. The average molecular weight is 916 g/mol. The number of aromatic nitrogens is 4. The van der Waals surface area contributed by atoms with Crippen molar-refractivity contribution in [3.8, 4) is 23.1 Å². The van der Waals surface area contributed by atoms with E-state index in [-0.39, 0.29) is 17.7 Å². The largest absolute Gasteiger partial charge is 0.453 e. The standard InChI is InChI=1S/C44H48F7N9O5/c1-43(2,44(49,50)51)38(56-42(63)64-3)39(62)55-36(37(61)20-52-19-32-33(45)15-28(16-34(32)46)35-12-13-59(57-35)40(47)48)14-26-7-4-25(5-8-26)6-9-27-17-53-41(54-18-27)58-21-29-10-11-30(22-58)60(29)31-23-65-24-31/h4-5,7-8,12-13,15-18,29-31,36-38,40,52,61H,10-11,14,19-24H2,1-3H3,(H,55,62)(H,56,63)/t29?,30?,36-,37-,38+/m0/s1. The molecule has 0 aliphatic carbocycles. The molecule has 4 aromatic rings. The van der Waals surface area contributed by atoms with Gasteiger partial charge >= 0.3 is 18.8 Å². The second-order valence-corrected chi connectivity index (χ2v) is 16.8. The van der Waals surface area contributed by atoms with Crippen molar-refractivity contribution in [2.75, 3.05) is 44.9 Å². The monoisotopic (exact) mass is 915 g/mol. The molecule has 3 aliphatic rings. The van der Waals surface area contributed by atoms with Gasteiger partial charge in [-0.15, -0.1) is 0 Å². The van der Waals surface area contributed by atoms with Crippen LogP contribution in [-0.4, -0.2) is 124 Å². The van der Waals surface area contributed by atoms with Crippen molar-refractivity contribution < 1.29 is 54.9 Å². The van der Waals surface area contributed by atoms with Gasteiger partial charge in [0.05, 0.1) is 55.2 Å². The van der Waals surface area contributed by atoms with Crippen molar-refractivity contribution in [2.45, 2.75) is 88.7 Å². The zero-order chi connectivity index (χ0) is 46.6. The number of nitrogens with zero attached hydrogens (tertiary/aromatic N) is 6. The molecule has 0 saturated carbocycles. The Morgan fingerprint density at radius 3 is 2.12 bits per heavy atom. The fourth-order valence-electron chi connectivity index (χ4n) is 8.23. The number of carbonyl (C=O) groups is 2. The first kappa shape index (κ1) is 47.2. The number of piperazine rings is 1. The van der Waals surface area contributed by atoms with E-state index in [9.17, 15) is 36.6 Å². The van der Waals surface area contributed by atoms with Crippen LogP contribution in [0.2, 0.25) is 0 Å². The van der Waals surface area contributed by atoms with Crippen molar-refractivity contribution in [2.24, 2.45) is 5.41 Å². The van der Waals surface area contributed by atoms with Crippen LogP contribution < -0.4 is 20.9 Å². The molecule has 3 fully saturated rings. The van der Waals surface area contributed by atoms with Crippen LogP contribution in [0.4, 0.5) is 41.5 Å². The second-order valence-electron chi connectivity index (χ2n) is 16.8. The number of ether oxygens (including phenoxy) is 2. The van der Waals surface area contributed by atoms with Gasteiger partial charge in [-0.3, -0.25) is 9.69 Å². The van der Waals surface area contributed by atoms with E-state index in [1.807, 2.05) is 5.32 Å². The van der Waals surface area contributed by atoms with Gasteiger partial charge in [-0.2, -0.15) is 27.1 Å². The van der Waals surface area contributed by atoms with Crippen LogP contribution in [-0.2, 0) is 27.2 Å². The number of methoxy groups -OCH3 is 1. The maximum absolute atomic E-state index is 15.1. The predicted molar refractivity (Wildman–Crippen MR) is 221 cm³/mol. The molecule has 2 unspecified atom stereocenters. The van der Waals surface area contributed by atoms with E-state index in [0.29, 0.717) is 45.4 Å². The molecule has 4 N–H and O–H groups in total. The highest BCUT2D eigenvalue weighted by atomic mass is 19.4. The van der Waals surface area contributed by atoms with Gasteiger partial charge in [-0.1, -0.05) is 24.0 Å². The molecule has 5 heterocycles. The summed E-state index contributed by atoms with van der Waals surface area (Å²) in [5.74, 6) is 3.34. The van der Waals surface area contributed by atoms with Crippen LogP contribution in [0.5, 0.6) is 0 Å². The van der Waals surface area contributed by atoms with Crippen LogP contribution in [0.1, 0.15) is 55.5 Å². The lowest BCUT2D eigenvalue weighted by Gasteiger charge is -2.47. The van der Waals surface area contributed by atoms with Gasteiger partial charge in [-0.25, -0.2) is 28.2 Å².